The average Bonchev–Trinajstić information content (AvgIpc) is 2.64. The molecule has 2 unspecified atom stereocenters. The monoisotopic (exact) mass is 360 g/mol. The van der Waals surface area contributed by atoms with E-state index in [4.69, 9.17) is 9.47 Å². The lowest BCUT2D eigenvalue weighted by molar-refractivity contribution is -0.146. The second kappa shape index (κ2) is 8.31. The summed E-state index contributed by atoms with van der Waals surface area (Å²) in [5.41, 5.74) is 0.509. The van der Waals surface area contributed by atoms with Crippen molar-refractivity contribution in [3.8, 4) is 5.75 Å². The largest absolute Gasteiger partial charge is 0.497 e. The van der Waals surface area contributed by atoms with Gasteiger partial charge in [-0.05, 0) is 31.0 Å². The first kappa shape index (κ1) is 18.4. The maximum Gasteiger partial charge on any atom is 0.251 e. The lowest BCUT2D eigenvalue weighted by Gasteiger charge is -2.36. The Morgan fingerprint density at radius 2 is 1.85 bits per heavy atom. The van der Waals surface area contributed by atoms with Crippen molar-refractivity contribution in [2.24, 2.45) is 17.8 Å². The molecule has 0 aromatic heterocycles. The van der Waals surface area contributed by atoms with Crippen molar-refractivity contribution in [2.75, 3.05) is 33.4 Å². The molecule has 26 heavy (non-hydrogen) atoms. The number of nitrogens with one attached hydrogen (secondary N) is 2. The van der Waals surface area contributed by atoms with Gasteiger partial charge in [-0.2, -0.15) is 0 Å². The Balaban J connectivity index is 1.41. The number of amides is 2. The Hall–Kier alpha value is -2.41. The summed E-state index contributed by atoms with van der Waals surface area (Å²) in [5.74, 6) is 0.147. The molecule has 2 N–H and O–H groups in total. The Morgan fingerprint density at radius 1 is 1.15 bits per heavy atom. The van der Waals surface area contributed by atoms with Crippen molar-refractivity contribution < 1.29 is 23.9 Å². The van der Waals surface area contributed by atoms with E-state index in [2.05, 4.69) is 10.6 Å². The zero-order chi connectivity index (χ0) is 18.5. The van der Waals surface area contributed by atoms with Gasteiger partial charge in [-0.3, -0.25) is 14.4 Å². The van der Waals surface area contributed by atoms with Crippen LogP contribution in [0.25, 0.3) is 0 Å². The summed E-state index contributed by atoms with van der Waals surface area (Å²) in [6.45, 7) is 1.54. The highest BCUT2D eigenvalue weighted by atomic mass is 16.5. The highest BCUT2D eigenvalue weighted by Gasteiger charge is 2.41. The van der Waals surface area contributed by atoms with Gasteiger partial charge in [-0.25, -0.2) is 0 Å². The van der Waals surface area contributed by atoms with Crippen LogP contribution < -0.4 is 15.4 Å². The minimum Gasteiger partial charge on any atom is -0.497 e. The minimum absolute atomic E-state index is 0.0509. The minimum atomic E-state index is -0.215. The quantitative estimate of drug-likeness (QED) is 0.732. The molecular weight excluding hydrogens is 336 g/mol. The Bertz CT molecular complexity index is 674. The molecule has 1 aliphatic carbocycles. The summed E-state index contributed by atoms with van der Waals surface area (Å²) in [6.07, 6.45) is 1.11. The summed E-state index contributed by atoms with van der Waals surface area (Å²) < 4.78 is 10.5. The van der Waals surface area contributed by atoms with Crippen LogP contribution in [0, 0.1) is 17.8 Å². The van der Waals surface area contributed by atoms with Crippen LogP contribution in [0.15, 0.2) is 24.3 Å². The number of carbonyl (C=O) groups is 3. The third-order valence-electron chi connectivity index (χ3n) is 4.99. The van der Waals surface area contributed by atoms with Crippen LogP contribution in [0.5, 0.6) is 5.75 Å². The number of carbonyl (C=O) groups excluding carboxylic acids is 3. The van der Waals surface area contributed by atoms with Gasteiger partial charge in [0.15, 0.2) is 0 Å². The number of rotatable bonds is 6. The van der Waals surface area contributed by atoms with E-state index in [1.54, 1.807) is 31.4 Å². The first-order valence-corrected chi connectivity index (χ1v) is 8.90. The van der Waals surface area contributed by atoms with Crippen molar-refractivity contribution in [2.45, 2.75) is 12.8 Å². The zero-order valence-electron chi connectivity index (χ0n) is 14.8. The van der Waals surface area contributed by atoms with Gasteiger partial charge in [-0.1, -0.05) is 6.07 Å². The van der Waals surface area contributed by atoms with E-state index < -0.39 is 0 Å². The topological polar surface area (TPSA) is 93.7 Å². The van der Waals surface area contributed by atoms with Crippen molar-refractivity contribution in [3.05, 3.63) is 29.8 Å². The molecule has 3 rings (SSSR count). The molecule has 140 valence electrons. The second-order valence-corrected chi connectivity index (χ2v) is 6.78. The van der Waals surface area contributed by atoms with Crippen LogP contribution in [0.3, 0.4) is 0 Å². The van der Waals surface area contributed by atoms with E-state index in [-0.39, 0.29) is 35.4 Å². The Labute approximate surface area is 152 Å². The van der Waals surface area contributed by atoms with Gasteiger partial charge >= 0.3 is 0 Å². The average molecular weight is 360 g/mol. The van der Waals surface area contributed by atoms with Gasteiger partial charge in [0.25, 0.3) is 5.91 Å². The molecule has 7 nitrogen and oxygen atoms in total. The Kier molecular flexibility index (Phi) is 5.88. The number of benzene rings is 1. The van der Waals surface area contributed by atoms with Crippen LogP contribution in [0.4, 0.5) is 0 Å². The van der Waals surface area contributed by atoms with E-state index in [1.165, 1.54) is 0 Å². The van der Waals surface area contributed by atoms with Crippen LogP contribution >= 0.6 is 0 Å². The normalized spacial score (nSPS) is 24.7. The maximum absolute atomic E-state index is 12.3. The van der Waals surface area contributed by atoms with Gasteiger partial charge in [0.05, 0.1) is 20.3 Å². The predicted molar refractivity (Wildman–Crippen MR) is 93.9 cm³/mol. The lowest BCUT2D eigenvalue weighted by atomic mass is 9.73. The summed E-state index contributed by atoms with van der Waals surface area (Å²) in [6, 6.07) is 6.89. The number of hydrogen-bond donors (Lipinski definition) is 2. The van der Waals surface area contributed by atoms with E-state index in [0.717, 1.165) is 0 Å². The summed E-state index contributed by atoms with van der Waals surface area (Å²) in [5, 5.41) is 5.63. The fraction of sp³-hybridized carbons (Fsp3) is 0.526. The summed E-state index contributed by atoms with van der Waals surface area (Å²) in [4.78, 5) is 36.5. The maximum atomic E-state index is 12.3. The van der Waals surface area contributed by atoms with E-state index in [1.807, 2.05) is 0 Å². The number of methoxy groups -OCH3 is 1. The first-order valence-electron chi connectivity index (χ1n) is 8.90. The van der Waals surface area contributed by atoms with Crippen LogP contribution in [0.2, 0.25) is 0 Å². The predicted octanol–water partition coefficient (Wildman–Crippen LogP) is 0.783. The molecule has 7 heteroatoms. The molecule has 1 aliphatic heterocycles. The van der Waals surface area contributed by atoms with Gasteiger partial charge in [0, 0.05) is 36.4 Å². The zero-order valence-corrected chi connectivity index (χ0v) is 14.8. The molecule has 2 fully saturated rings. The SMILES string of the molecule is COc1cccc(C(=O)NCCNC(=O)C2CC3COCC(C2)C3=O)c1. The van der Waals surface area contributed by atoms with Gasteiger partial charge in [0.1, 0.15) is 11.5 Å². The number of hydrogen-bond acceptors (Lipinski definition) is 5. The molecular formula is C19H24N2O5. The molecule has 1 saturated heterocycles. The van der Waals surface area contributed by atoms with E-state index >= 15 is 0 Å². The van der Waals surface area contributed by atoms with Crippen LogP contribution in [-0.4, -0.2) is 51.0 Å². The van der Waals surface area contributed by atoms with Crippen LogP contribution in [0.1, 0.15) is 23.2 Å². The van der Waals surface area contributed by atoms with Crippen molar-refractivity contribution in [1.29, 1.82) is 0 Å². The molecule has 0 radical (unpaired) electrons. The summed E-state index contributed by atoms with van der Waals surface area (Å²) >= 11 is 0. The number of ether oxygens (including phenoxy) is 2. The molecule has 2 amide bonds. The van der Waals surface area contributed by atoms with Gasteiger partial charge in [-0.15, -0.1) is 0 Å². The lowest BCUT2D eigenvalue weighted by Crippen LogP contribution is -2.47. The van der Waals surface area contributed by atoms with Gasteiger partial charge in [0.2, 0.25) is 5.91 Å². The first-order chi connectivity index (χ1) is 12.6. The highest BCUT2D eigenvalue weighted by molar-refractivity contribution is 5.94. The van der Waals surface area contributed by atoms with E-state index in [9.17, 15) is 14.4 Å². The smallest absolute Gasteiger partial charge is 0.251 e. The van der Waals surface area contributed by atoms with Gasteiger partial charge < -0.3 is 20.1 Å². The Morgan fingerprint density at radius 3 is 2.54 bits per heavy atom. The molecule has 1 aromatic carbocycles. The third kappa shape index (κ3) is 4.22. The van der Waals surface area contributed by atoms with Crippen molar-refractivity contribution in [3.63, 3.8) is 0 Å². The van der Waals surface area contributed by atoms with Crippen LogP contribution in [-0.2, 0) is 14.3 Å². The van der Waals surface area contributed by atoms with Crippen molar-refractivity contribution in [1.82, 2.24) is 10.6 Å². The standard InChI is InChI=1S/C19H24N2O5/c1-25-16-4-2-3-12(9-16)18(23)20-5-6-21-19(24)13-7-14-10-26-11-15(8-13)17(14)22/h2-4,9,13-15H,5-8,10-11H2,1H3,(H,20,23)(H,21,24). The fourth-order valence-corrected chi connectivity index (χ4v) is 3.59. The third-order valence-corrected chi connectivity index (χ3v) is 4.99. The molecule has 1 aromatic rings. The highest BCUT2D eigenvalue weighted by Crippen LogP contribution is 2.34. The van der Waals surface area contributed by atoms with Crippen molar-refractivity contribution >= 4 is 17.6 Å². The summed E-state index contributed by atoms with van der Waals surface area (Å²) in [7, 11) is 1.55. The molecule has 2 aliphatic rings. The number of Topliss-reactive ketones (excluding diaryl/α,β-unsaturated/α-hetero) is 1. The number of ketones is 1. The molecule has 1 heterocycles. The molecule has 1 saturated carbocycles. The number of fused-ring (bicyclic) bond motifs is 2. The van der Waals surface area contributed by atoms with E-state index in [0.29, 0.717) is 50.5 Å². The molecule has 2 bridgehead atoms. The molecule has 0 spiro atoms. The molecule has 2 atom stereocenters. The fourth-order valence-electron chi connectivity index (χ4n) is 3.59. The second-order valence-electron chi connectivity index (χ2n) is 6.78.